The van der Waals surface area contributed by atoms with Crippen LogP contribution < -0.4 is 5.32 Å². The molecule has 0 aromatic carbocycles. The number of piperazine rings is 1. The molecule has 1 saturated carbocycles. The maximum Gasteiger partial charge on any atom is 0.236 e. The normalized spacial score (nSPS) is 23.4. The number of ether oxygens (including phenoxy) is 1. The largest absolute Gasteiger partial charge is 0.378 e. The highest BCUT2D eigenvalue weighted by Gasteiger charge is 2.29. The standard InChI is InChI=1S/C20H37N5O2.HI/c1-3-21-19(22-17-20(2)6-4-5-7-20)25-10-8-23(9-11-25)16-18(26)24-12-14-27-15-13-24;/h3-17H2,1-2H3,(H,21,22);1H. The summed E-state index contributed by atoms with van der Waals surface area (Å²) in [5, 5.41) is 3.47. The fourth-order valence-corrected chi connectivity index (χ4v) is 4.30. The van der Waals surface area contributed by atoms with Crippen LogP contribution in [0.15, 0.2) is 4.99 Å². The first kappa shape index (κ1) is 23.7. The number of carbonyl (C=O) groups is 1. The minimum Gasteiger partial charge on any atom is -0.378 e. The van der Waals surface area contributed by atoms with Crippen molar-refractivity contribution in [2.45, 2.75) is 39.5 Å². The summed E-state index contributed by atoms with van der Waals surface area (Å²) in [6, 6.07) is 0. The van der Waals surface area contributed by atoms with Gasteiger partial charge in [-0.3, -0.25) is 14.7 Å². The number of nitrogens with zero attached hydrogens (tertiary/aromatic N) is 4. The average molecular weight is 507 g/mol. The molecule has 3 aliphatic rings. The quantitative estimate of drug-likeness (QED) is 0.348. The third kappa shape index (κ3) is 6.73. The first-order valence-corrected chi connectivity index (χ1v) is 10.7. The summed E-state index contributed by atoms with van der Waals surface area (Å²) in [7, 11) is 0. The maximum absolute atomic E-state index is 12.4. The van der Waals surface area contributed by atoms with Gasteiger partial charge < -0.3 is 19.9 Å². The summed E-state index contributed by atoms with van der Waals surface area (Å²) in [6.07, 6.45) is 5.29. The predicted octanol–water partition coefficient (Wildman–Crippen LogP) is 1.63. The first-order valence-electron chi connectivity index (χ1n) is 10.7. The number of rotatable bonds is 5. The molecule has 0 spiro atoms. The summed E-state index contributed by atoms with van der Waals surface area (Å²) < 4.78 is 5.34. The Morgan fingerprint density at radius 3 is 2.29 bits per heavy atom. The summed E-state index contributed by atoms with van der Waals surface area (Å²) in [6.45, 7) is 13.3. The minimum atomic E-state index is 0. The molecule has 8 heteroatoms. The number of halogens is 1. The number of carbonyl (C=O) groups excluding carboxylic acids is 1. The molecule has 0 aromatic rings. The van der Waals surface area contributed by atoms with Gasteiger partial charge in [0.1, 0.15) is 0 Å². The fourth-order valence-electron chi connectivity index (χ4n) is 4.30. The lowest BCUT2D eigenvalue weighted by Crippen LogP contribution is -2.55. The molecule has 3 fully saturated rings. The molecular weight excluding hydrogens is 469 g/mol. The van der Waals surface area contributed by atoms with E-state index in [2.05, 4.69) is 29.0 Å². The van der Waals surface area contributed by atoms with E-state index in [4.69, 9.17) is 9.73 Å². The van der Waals surface area contributed by atoms with Crippen molar-refractivity contribution in [2.24, 2.45) is 10.4 Å². The predicted molar refractivity (Wildman–Crippen MR) is 123 cm³/mol. The van der Waals surface area contributed by atoms with E-state index >= 15 is 0 Å². The maximum atomic E-state index is 12.4. The van der Waals surface area contributed by atoms with E-state index in [0.29, 0.717) is 25.2 Å². The molecule has 1 aliphatic carbocycles. The number of aliphatic imine (C=N–C) groups is 1. The Bertz CT molecular complexity index is 511. The third-order valence-electron chi connectivity index (χ3n) is 6.15. The molecule has 2 aliphatic heterocycles. The number of hydrogen-bond donors (Lipinski definition) is 1. The van der Waals surface area contributed by atoms with E-state index in [1.807, 2.05) is 4.90 Å². The van der Waals surface area contributed by atoms with Crippen LogP contribution >= 0.6 is 24.0 Å². The second-order valence-electron chi connectivity index (χ2n) is 8.44. The van der Waals surface area contributed by atoms with Gasteiger partial charge in [-0.15, -0.1) is 24.0 Å². The van der Waals surface area contributed by atoms with E-state index in [1.165, 1.54) is 25.7 Å². The zero-order valence-electron chi connectivity index (χ0n) is 17.6. The smallest absolute Gasteiger partial charge is 0.236 e. The summed E-state index contributed by atoms with van der Waals surface area (Å²) in [4.78, 5) is 24.0. The van der Waals surface area contributed by atoms with Crippen molar-refractivity contribution in [3.8, 4) is 0 Å². The monoisotopic (exact) mass is 507 g/mol. The summed E-state index contributed by atoms with van der Waals surface area (Å²) in [5.74, 6) is 1.28. The van der Waals surface area contributed by atoms with Crippen LogP contribution in [0.4, 0.5) is 0 Å². The molecule has 7 nitrogen and oxygen atoms in total. The summed E-state index contributed by atoms with van der Waals surface area (Å²) in [5.41, 5.74) is 0.382. The lowest BCUT2D eigenvalue weighted by molar-refractivity contribution is -0.136. The van der Waals surface area contributed by atoms with Crippen LogP contribution in [0, 0.1) is 5.41 Å². The zero-order chi connectivity index (χ0) is 19.1. The molecule has 0 unspecified atom stereocenters. The molecule has 0 bridgehead atoms. The van der Waals surface area contributed by atoms with Crippen LogP contribution in [0.2, 0.25) is 0 Å². The van der Waals surface area contributed by atoms with Gasteiger partial charge in [-0.1, -0.05) is 19.8 Å². The molecule has 0 atom stereocenters. The van der Waals surface area contributed by atoms with Gasteiger partial charge in [0.2, 0.25) is 5.91 Å². The Morgan fingerprint density at radius 2 is 1.68 bits per heavy atom. The van der Waals surface area contributed by atoms with Crippen molar-refractivity contribution in [3.05, 3.63) is 0 Å². The SMILES string of the molecule is CCNC(=NCC1(C)CCCC1)N1CCN(CC(=O)N2CCOCC2)CC1.I. The van der Waals surface area contributed by atoms with Crippen molar-refractivity contribution in [2.75, 3.05) is 72.1 Å². The van der Waals surface area contributed by atoms with Crippen LogP contribution in [0.3, 0.4) is 0 Å². The lowest BCUT2D eigenvalue weighted by atomic mass is 9.89. The molecule has 3 rings (SSSR count). The van der Waals surface area contributed by atoms with Gasteiger partial charge in [-0.2, -0.15) is 0 Å². The molecule has 0 radical (unpaired) electrons. The fraction of sp³-hybridized carbons (Fsp3) is 0.900. The Labute approximate surface area is 187 Å². The Morgan fingerprint density at radius 1 is 1.04 bits per heavy atom. The van der Waals surface area contributed by atoms with Gasteiger partial charge in [0.05, 0.1) is 19.8 Å². The molecule has 2 saturated heterocycles. The van der Waals surface area contributed by atoms with Crippen LogP contribution in [-0.4, -0.2) is 98.7 Å². The molecular formula is C20H38IN5O2. The number of amides is 1. The number of guanidine groups is 1. The van der Waals surface area contributed by atoms with Crippen molar-refractivity contribution in [1.29, 1.82) is 0 Å². The molecule has 1 N–H and O–H groups in total. The summed E-state index contributed by atoms with van der Waals surface area (Å²) >= 11 is 0. The molecule has 162 valence electrons. The highest BCUT2D eigenvalue weighted by atomic mass is 127. The van der Waals surface area contributed by atoms with E-state index in [9.17, 15) is 4.79 Å². The van der Waals surface area contributed by atoms with Gasteiger partial charge in [0.15, 0.2) is 5.96 Å². The topological polar surface area (TPSA) is 60.4 Å². The van der Waals surface area contributed by atoms with Crippen molar-refractivity contribution >= 4 is 35.8 Å². The van der Waals surface area contributed by atoms with Gasteiger partial charge in [-0.25, -0.2) is 0 Å². The third-order valence-corrected chi connectivity index (χ3v) is 6.15. The Balaban J connectivity index is 0.00000280. The molecule has 0 aromatic heterocycles. The molecule has 28 heavy (non-hydrogen) atoms. The van der Waals surface area contributed by atoms with Crippen molar-refractivity contribution < 1.29 is 9.53 Å². The molecule has 1 amide bonds. The first-order chi connectivity index (χ1) is 13.1. The Kier molecular flexibility index (Phi) is 9.76. The second kappa shape index (κ2) is 11.5. The van der Waals surface area contributed by atoms with Gasteiger partial charge in [0, 0.05) is 52.4 Å². The van der Waals surface area contributed by atoms with Crippen molar-refractivity contribution in [1.82, 2.24) is 20.0 Å². The lowest BCUT2D eigenvalue weighted by Gasteiger charge is -2.37. The van der Waals surface area contributed by atoms with Gasteiger partial charge in [0.25, 0.3) is 0 Å². The number of morpholine rings is 1. The highest BCUT2D eigenvalue weighted by Crippen LogP contribution is 2.37. The van der Waals surface area contributed by atoms with E-state index in [-0.39, 0.29) is 29.9 Å². The number of nitrogens with one attached hydrogen (secondary N) is 1. The number of hydrogen-bond acceptors (Lipinski definition) is 4. The van der Waals surface area contributed by atoms with Gasteiger partial charge >= 0.3 is 0 Å². The molecule has 2 heterocycles. The van der Waals surface area contributed by atoms with E-state index in [1.54, 1.807) is 0 Å². The second-order valence-corrected chi connectivity index (χ2v) is 8.44. The minimum absolute atomic E-state index is 0. The van der Waals surface area contributed by atoms with Crippen molar-refractivity contribution in [3.63, 3.8) is 0 Å². The van der Waals surface area contributed by atoms with Crippen LogP contribution in [-0.2, 0) is 9.53 Å². The van der Waals surface area contributed by atoms with Crippen LogP contribution in [0.1, 0.15) is 39.5 Å². The highest BCUT2D eigenvalue weighted by molar-refractivity contribution is 14.0. The van der Waals surface area contributed by atoms with E-state index in [0.717, 1.165) is 58.3 Å². The van der Waals surface area contributed by atoms with Gasteiger partial charge in [-0.05, 0) is 25.2 Å². The zero-order valence-corrected chi connectivity index (χ0v) is 20.0. The Hall–Kier alpha value is -0.610. The van der Waals surface area contributed by atoms with Crippen LogP contribution in [0.5, 0.6) is 0 Å². The average Bonchev–Trinajstić information content (AvgIpc) is 3.13. The van der Waals surface area contributed by atoms with Crippen LogP contribution in [0.25, 0.3) is 0 Å². The van der Waals surface area contributed by atoms with E-state index < -0.39 is 0 Å².